The van der Waals surface area contributed by atoms with E-state index in [9.17, 15) is 0 Å². The third kappa shape index (κ3) is 4.73. The smallest absolute Gasteiger partial charge is 0.0689 e. The largest absolute Gasteiger partial charge is 0.310 e. The summed E-state index contributed by atoms with van der Waals surface area (Å²) in [5, 5.41) is 0. The first-order valence-electron chi connectivity index (χ1n) is 21.1. The molecule has 8 aromatic rings. The molecule has 0 aromatic heterocycles. The summed E-state index contributed by atoms with van der Waals surface area (Å²) < 4.78 is 0. The van der Waals surface area contributed by atoms with Crippen molar-refractivity contribution in [2.45, 2.75) is 37.5 Å². The van der Waals surface area contributed by atoms with Gasteiger partial charge in [0.1, 0.15) is 0 Å². The van der Waals surface area contributed by atoms with Crippen molar-refractivity contribution in [1.82, 2.24) is 0 Å². The van der Waals surface area contributed by atoms with Crippen LogP contribution in [0, 0.1) is 0 Å². The van der Waals surface area contributed by atoms with Gasteiger partial charge in [-0.2, -0.15) is 0 Å². The number of hydrogen-bond acceptors (Lipinski definition) is 1. The summed E-state index contributed by atoms with van der Waals surface area (Å²) in [7, 11) is 0. The Hall–Kier alpha value is -6.96. The van der Waals surface area contributed by atoms with Gasteiger partial charge in [-0.15, -0.1) is 0 Å². The maximum atomic E-state index is 2.55. The molecule has 4 aliphatic carbocycles. The van der Waals surface area contributed by atoms with Gasteiger partial charge in [-0.3, -0.25) is 0 Å². The van der Waals surface area contributed by atoms with Gasteiger partial charge in [0.2, 0.25) is 0 Å². The first-order chi connectivity index (χ1) is 29.0. The second-order valence-electron chi connectivity index (χ2n) is 17.1. The molecule has 0 amide bonds. The number of fused-ring (bicyclic) bond motifs is 12. The van der Waals surface area contributed by atoms with Gasteiger partial charge in [0.25, 0.3) is 0 Å². The highest BCUT2D eigenvalue weighted by molar-refractivity contribution is 6.00. The third-order valence-electron chi connectivity index (χ3n) is 13.7. The van der Waals surface area contributed by atoms with Crippen LogP contribution in [-0.4, -0.2) is 0 Å². The van der Waals surface area contributed by atoms with E-state index >= 15 is 0 Å². The molecule has 4 aliphatic rings. The highest BCUT2D eigenvalue weighted by Crippen LogP contribution is 2.64. The molecule has 0 saturated heterocycles. The maximum Gasteiger partial charge on any atom is 0.0689 e. The van der Waals surface area contributed by atoms with E-state index in [1.54, 1.807) is 0 Å². The summed E-state index contributed by atoms with van der Waals surface area (Å²) >= 11 is 0. The molecule has 0 fully saturated rings. The van der Waals surface area contributed by atoms with Crippen LogP contribution in [0.3, 0.4) is 0 Å². The van der Waals surface area contributed by atoms with Gasteiger partial charge in [-0.05, 0) is 127 Å². The lowest BCUT2D eigenvalue weighted by atomic mass is 9.68. The van der Waals surface area contributed by atoms with Crippen molar-refractivity contribution in [2.75, 3.05) is 4.90 Å². The summed E-state index contributed by atoms with van der Waals surface area (Å²) in [6, 6.07) is 70.6. The molecule has 0 bridgehead atoms. The summed E-state index contributed by atoms with van der Waals surface area (Å²) in [4.78, 5) is 2.55. The maximum absolute atomic E-state index is 2.55. The zero-order valence-corrected chi connectivity index (χ0v) is 33.4. The minimum atomic E-state index is -0.362. The summed E-state index contributed by atoms with van der Waals surface area (Å²) in [6.07, 6.45) is 6.86. The van der Waals surface area contributed by atoms with E-state index in [4.69, 9.17) is 0 Å². The number of rotatable bonds is 5. The van der Waals surface area contributed by atoms with Crippen molar-refractivity contribution < 1.29 is 0 Å². The molecule has 1 nitrogen and oxygen atoms in total. The third-order valence-corrected chi connectivity index (χ3v) is 13.7. The van der Waals surface area contributed by atoms with Crippen LogP contribution >= 0.6 is 0 Å². The van der Waals surface area contributed by atoms with Crippen LogP contribution in [0.5, 0.6) is 0 Å². The van der Waals surface area contributed by atoms with Gasteiger partial charge in [0, 0.05) is 22.4 Å². The van der Waals surface area contributed by atoms with Crippen molar-refractivity contribution >= 4 is 22.6 Å². The van der Waals surface area contributed by atoms with Crippen molar-refractivity contribution in [3.63, 3.8) is 0 Å². The monoisotopic (exact) mass is 753 g/mol. The fraction of sp³-hybridized carbons (Fsp3) is 0.103. The number of para-hydroxylation sites is 1. The lowest BCUT2D eigenvalue weighted by Gasteiger charge is -2.35. The molecule has 1 unspecified atom stereocenters. The predicted octanol–water partition coefficient (Wildman–Crippen LogP) is 15.2. The zero-order chi connectivity index (χ0) is 39.3. The lowest BCUT2D eigenvalue weighted by Crippen LogP contribution is -2.28. The Bertz CT molecular complexity index is 3070. The van der Waals surface area contributed by atoms with Crippen molar-refractivity contribution in [3.8, 4) is 44.5 Å². The van der Waals surface area contributed by atoms with E-state index in [1.165, 1.54) is 89.0 Å². The van der Waals surface area contributed by atoms with E-state index in [1.807, 2.05) is 0 Å². The first-order valence-corrected chi connectivity index (χ1v) is 21.1. The van der Waals surface area contributed by atoms with Crippen LogP contribution in [0.25, 0.3) is 50.1 Å². The molecule has 1 heteroatoms. The van der Waals surface area contributed by atoms with E-state index in [-0.39, 0.29) is 10.8 Å². The van der Waals surface area contributed by atoms with Crippen LogP contribution in [0.15, 0.2) is 206 Å². The predicted molar refractivity (Wildman–Crippen MR) is 247 cm³/mol. The Morgan fingerprint density at radius 3 is 1.69 bits per heavy atom. The van der Waals surface area contributed by atoms with E-state index < -0.39 is 0 Å². The SMILES string of the molecule is CC1(C)c2ccccc2-c2cc(N(c3ccc4c(c3)C3(C5=C(C=CCC5)c5ccccc53)c3ccccc3-4)c3ccccc3-c3ccccc3)cc(-c3ccccc3)c21. The molecule has 0 saturated carbocycles. The van der Waals surface area contributed by atoms with Crippen molar-refractivity contribution in [1.29, 1.82) is 0 Å². The average Bonchev–Trinajstić information content (AvgIpc) is 3.85. The van der Waals surface area contributed by atoms with Gasteiger partial charge in [-0.1, -0.05) is 184 Å². The number of hydrogen-bond donors (Lipinski definition) is 0. The summed E-state index contributed by atoms with van der Waals surface area (Å²) in [6.45, 7) is 4.79. The molecule has 0 N–H and O–H groups in total. The Balaban J connectivity index is 1.18. The molecule has 280 valence electrons. The van der Waals surface area contributed by atoms with Crippen molar-refractivity contribution in [3.05, 3.63) is 239 Å². The van der Waals surface area contributed by atoms with Gasteiger partial charge in [-0.25, -0.2) is 0 Å². The number of benzene rings is 8. The molecular formula is C58H43N. The highest BCUT2D eigenvalue weighted by atomic mass is 15.1. The Kier molecular flexibility index (Phi) is 7.38. The Morgan fingerprint density at radius 2 is 0.966 bits per heavy atom. The second kappa shape index (κ2) is 12.8. The molecule has 1 atom stereocenters. The highest BCUT2D eigenvalue weighted by Gasteiger charge is 2.52. The first kappa shape index (κ1) is 34.1. The quantitative estimate of drug-likeness (QED) is 0.169. The van der Waals surface area contributed by atoms with E-state index in [0.29, 0.717) is 0 Å². The van der Waals surface area contributed by atoms with Gasteiger partial charge in [0.15, 0.2) is 0 Å². The molecule has 1 spiro atoms. The van der Waals surface area contributed by atoms with Crippen LogP contribution in [0.2, 0.25) is 0 Å². The fourth-order valence-electron chi connectivity index (χ4n) is 11.4. The topological polar surface area (TPSA) is 3.24 Å². The molecular weight excluding hydrogens is 711 g/mol. The summed E-state index contributed by atoms with van der Waals surface area (Å²) in [5.41, 5.74) is 24.4. The average molecular weight is 754 g/mol. The molecule has 59 heavy (non-hydrogen) atoms. The lowest BCUT2D eigenvalue weighted by molar-refractivity contribution is 0.662. The number of allylic oxidation sites excluding steroid dienone is 4. The fourth-order valence-corrected chi connectivity index (χ4v) is 11.4. The zero-order valence-electron chi connectivity index (χ0n) is 33.4. The van der Waals surface area contributed by atoms with E-state index in [0.717, 1.165) is 29.9 Å². The number of nitrogens with zero attached hydrogens (tertiary/aromatic N) is 1. The van der Waals surface area contributed by atoms with Crippen LogP contribution in [0.4, 0.5) is 17.1 Å². The standard InChI is InChI=1S/C58H43N/c1-57(2)50-28-14-9-27-46(50)49-36-41(35-48(56(49)57)39-21-7-4-8-22-39)59(55-32-18-13-23-42(55)38-19-5-3-6-20-38)40-33-34-47-45-26-12-17-31-53(45)58(54(47)37-40)51-29-15-10-24-43(51)44-25-11-16-30-52(44)58/h3-15,17-29,31-37H,16,30H2,1-2H3. The van der Waals surface area contributed by atoms with Crippen LogP contribution in [0.1, 0.15) is 60.1 Å². The van der Waals surface area contributed by atoms with Gasteiger partial charge < -0.3 is 4.90 Å². The second-order valence-corrected chi connectivity index (χ2v) is 17.1. The van der Waals surface area contributed by atoms with Gasteiger partial charge >= 0.3 is 0 Å². The minimum absolute atomic E-state index is 0.163. The minimum Gasteiger partial charge on any atom is -0.310 e. The van der Waals surface area contributed by atoms with Crippen LogP contribution < -0.4 is 4.90 Å². The molecule has 0 radical (unpaired) electrons. The Morgan fingerprint density at radius 1 is 0.424 bits per heavy atom. The molecule has 12 rings (SSSR count). The van der Waals surface area contributed by atoms with Crippen molar-refractivity contribution in [2.24, 2.45) is 0 Å². The number of anilines is 3. The molecule has 8 aromatic carbocycles. The van der Waals surface area contributed by atoms with Gasteiger partial charge in [0.05, 0.1) is 11.1 Å². The molecule has 0 aliphatic heterocycles. The molecule has 0 heterocycles. The van der Waals surface area contributed by atoms with E-state index in [2.05, 4.69) is 219 Å². The normalized spacial score (nSPS) is 17.3. The van der Waals surface area contributed by atoms with Crippen LogP contribution in [-0.2, 0) is 10.8 Å². The summed E-state index contributed by atoms with van der Waals surface area (Å²) in [5.74, 6) is 0. The Labute approximate surface area is 347 Å².